The summed E-state index contributed by atoms with van der Waals surface area (Å²) in [6, 6.07) is 12.9. The van der Waals surface area contributed by atoms with Crippen molar-refractivity contribution in [1.82, 2.24) is 19.6 Å². The van der Waals surface area contributed by atoms with Crippen molar-refractivity contribution in [2.45, 2.75) is 19.4 Å². The van der Waals surface area contributed by atoms with E-state index in [1.165, 1.54) is 24.1 Å². The van der Waals surface area contributed by atoms with Crippen molar-refractivity contribution < 1.29 is 8.91 Å². The third-order valence-electron chi connectivity index (χ3n) is 5.74. The van der Waals surface area contributed by atoms with Gasteiger partial charge in [-0.25, -0.2) is 9.37 Å². The van der Waals surface area contributed by atoms with E-state index in [-0.39, 0.29) is 18.2 Å². The number of piperazine rings is 1. The molecule has 0 bridgehead atoms. The van der Waals surface area contributed by atoms with Crippen LogP contribution in [0, 0.1) is 5.82 Å². The van der Waals surface area contributed by atoms with E-state index >= 15 is 0 Å². The molecule has 6 nitrogen and oxygen atoms in total. The minimum Gasteiger partial charge on any atom is -0.354 e. The molecule has 1 saturated heterocycles. The summed E-state index contributed by atoms with van der Waals surface area (Å²) in [5, 5.41) is 5.05. The fourth-order valence-electron chi connectivity index (χ4n) is 4.12. The van der Waals surface area contributed by atoms with Crippen molar-refractivity contribution in [3.05, 3.63) is 54.6 Å². The second kappa shape index (κ2) is 9.02. The third kappa shape index (κ3) is 4.13. The molecule has 1 fully saturated rings. The number of imidazole rings is 1. The lowest BCUT2D eigenvalue weighted by Crippen LogP contribution is -2.46. The topological polar surface area (TPSA) is 50.3 Å². The lowest BCUT2D eigenvalue weighted by Gasteiger charge is -2.34. The van der Waals surface area contributed by atoms with Gasteiger partial charge < -0.3 is 14.0 Å². The fourth-order valence-corrected chi connectivity index (χ4v) is 4.12. The molecule has 0 N–H and O–H groups in total. The van der Waals surface area contributed by atoms with Gasteiger partial charge >= 0.3 is 0 Å². The van der Waals surface area contributed by atoms with E-state index in [9.17, 15) is 4.39 Å². The van der Waals surface area contributed by atoms with Gasteiger partial charge in [-0.1, -0.05) is 17.3 Å². The number of rotatable bonds is 6. The molecule has 0 radical (unpaired) electrons. The van der Waals surface area contributed by atoms with Crippen LogP contribution in [0.25, 0.3) is 22.0 Å². The number of benzene rings is 2. The molecule has 0 aliphatic carbocycles. The number of fused-ring (bicyclic) bond motifs is 2. The molecule has 3 heterocycles. The van der Waals surface area contributed by atoms with Gasteiger partial charge in [-0.2, -0.15) is 0 Å². The number of aromatic nitrogens is 3. The van der Waals surface area contributed by atoms with Gasteiger partial charge in [0.25, 0.3) is 0 Å². The summed E-state index contributed by atoms with van der Waals surface area (Å²) in [7, 11) is 0. The van der Waals surface area contributed by atoms with Gasteiger partial charge in [0.2, 0.25) is 0 Å². The number of para-hydroxylation sites is 2. The zero-order valence-corrected chi connectivity index (χ0v) is 17.5. The molecule has 1 aliphatic heterocycles. The molecule has 5 rings (SSSR count). The van der Waals surface area contributed by atoms with Crippen LogP contribution >= 0.6 is 12.4 Å². The van der Waals surface area contributed by atoms with Gasteiger partial charge in [-0.05, 0) is 43.7 Å². The minimum absolute atomic E-state index is 0. The SMILES string of the molecule is Cl.Fc1ccc2c(N3CCN(CCCCn4cnc5ccccc54)CC3)noc2c1. The highest BCUT2D eigenvalue weighted by Gasteiger charge is 2.21. The quantitative estimate of drug-likeness (QED) is 0.427. The number of halogens is 2. The van der Waals surface area contributed by atoms with E-state index in [1.54, 1.807) is 6.07 Å². The van der Waals surface area contributed by atoms with E-state index in [4.69, 9.17) is 4.52 Å². The first kappa shape index (κ1) is 20.6. The Bertz CT molecular complexity index is 1120. The number of anilines is 1. The van der Waals surface area contributed by atoms with E-state index in [0.717, 1.165) is 62.4 Å². The average Bonchev–Trinajstić information content (AvgIpc) is 3.35. The van der Waals surface area contributed by atoms with Gasteiger partial charge in [0.05, 0.1) is 22.7 Å². The predicted octanol–water partition coefficient (Wildman–Crippen LogP) is 4.34. The molecule has 0 amide bonds. The molecule has 0 saturated carbocycles. The lowest BCUT2D eigenvalue weighted by molar-refractivity contribution is 0.250. The Labute approximate surface area is 180 Å². The Balaban J connectivity index is 0.00000218. The summed E-state index contributed by atoms with van der Waals surface area (Å²) in [4.78, 5) is 9.20. The van der Waals surface area contributed by atoms with Crippen molar-refractivity contribution in [2.75, 3.05) is 37.6 Å². The van der Waals surface area contributed by atoms with Crippen LogP contribution in [0.1, 0.15) is 12.8 Å². The molecular weight excluding hydrogens is 405 g/mol. The lowest BCUT2D eigenvalue weighted by atomic mass is 10.2. The normalized spacial score (nSPS) is 15.0. The first-order chi connectivity index (χ1) is 14.3. The molecule has 0 atom stereocenters. The van der Waals surface area contributed by atoms with Crippen LogP contribution in [-0.2, 0) is 6.54 Å². The molecule has 0 unspecified atom stereocenters. The van der Waals surface area contributed by atoms with Gasteiger partial charge in [0.15, 0.2) is 11.4 Å². The summed E-state index contributed by atoms with van der Waals surface area (Å²) in [5.41, 5.74) is 2.78. The van der Waals surface area contributed by atoms with Crippen LogP contribution in [0.15, 0.2) is 53.3 Å². The number of unbranched alkanes of at least 4 members (excludes halogenated alkanes) is 1. The molecule has 8 heteroatoms. The Kier molecular flexibility index (Phi) is 6.20. The summed E-state index contributed by atoms with van der Waals surface area (Å²) < 4.78 is 20.9. The summed E-state index contributed by atoms with van der Waals surface area (Å²) >= 11 is 0. The fraction of sp³-hybridized carbons (Fsp3) is 0.364. The Hall–Kier alpha value is -2.64. The molecule has 0 spiro atoms. The van der Waals surface area contributed by atoms with Crippen LogP contribution in [-0.4, -0.2) is 52.3 Å². The molecule has 4 aromatic rings. The van der Waals surface area contributed by atoms with Gasteiger partial charge in [0.1, 0.15) is 5.82 Å². The molecule has 158 valence electrons. The summed E-state index contributed by atoms with van der Waals surface area (Å²) in [6.45, 7) is 5.93. The predicted molar refractivity (Wildman–Crippen MR) is 119 cm³/mol. The van der Waals surface area contributed by atoms with E-state index in [1.807, 2.05) is 12.4 Å². The van der Waals surface area contributed by atoms with Crippen molar-refractivity contribution >= 4 is 40.2 Å². The van der Waals surface area contributed by atoms with Crippen LogP contribution in [0.4, 0.5) is 10.2 Å². The zero-order chi connectivity index (χ0) is 19.6. The van der Waals surface area contributed by atoms with Crippen LogP contribution in [0.3, 0.4) is 0 Å². The van der Waals surface area contributed by atoms with E-state index < -0.39 is 0 Å². The second-order valence-corrected chi connectivity index (χ2v) is 7.61. The standard InChI is InChI=1S/C22H24FN5O.ClH/c23-17-7-8-18-21(15-17)29-25-22(18)27-13-11-26(12-14-27)9-3-4-10-28-16-24-19-5-1-2-6-20(19)28;/h1-2,5-8,15-16H,3-4,9-14H2;1H. The van der Waals surface area contributed by atoms with E-state index in [0.29, 0.717) is 5.58 Å². The first-order valence-electron chi connectivity index (χ1n) is 10.2. The van der Waals surface area contributed by atoms with E-state index in [2.05, 4.69) is 42.7 Å². The number of nitrogens with zero attached hydrogens (tertiary/aromatic N) is 5. The highest BCUT2D eigenvalue weighted by atomic mass is 35.5. The summed E-state index contributed by atoms with van der Waals surface area (Å²) in [6.07, 6.45) is 4.25. The van der Waals surface area contributed by atoms with Crippen LogP contribution in [0.5, 0.6) is 0 Å². The zero-order valence-electron chi connectivity index (χ0n) is 16.7. The number of hydrogen-bond acceptors (Lipinski definition) is 5. The monoisotopic (exact) mass is 429 g/mol. The smallest absolute Gasteiger partial charge is 0.180 e. The first-order valence-corrected chi connectivity index (χ1v) is 10.2. The van der Waals surface area contributed by atoms with Crippen LogP contribution < -0.4 is 4.90 Å². The minimum atomic E-state index is -0.297. The van der Waals surface area contributed by atoms with Crippen molar-refractivity contribution in [2.24, 2.45) is 0 Å². The van der Waals surface area contributed by atoms with Crippen molar-refractivity contribution in [3.8, 4) is 0 Å². The van der Waals surface area contributed by atoms with Crippen molar-refractivity contribution in [3.63, 3.8) is 0 Å². The van der Waals surface area contributed by atoms with Gasteiger partial charge in [0, 0.05) is 38.8 Å². The number of aryl methyl sites for hydroxylation is 1. The molecule has 1 aliphatic rings. The Morgan fingerprint density at radius 2 is 1.77 bits per heavy atom. The molecule has 30 heavy (non-hydrogen) atoms. The maximum Gasteiger partial charge on any atom is 0.180 e. The molecule has 2 aromatic heterocycles. The van der Waals surface area contributed by atoms with Gasteiger partial charge in [-0.15, -0.1) is 12.4 Å². The largest absolute Gasteiger partial charge is 0.354 e. The highest BCUT2D eigenvalue weighted by Crippen LogP contribution is 2.27. The van der Waals surface area contributed by atoms with Crippen molar-refractivity contribution in [1.29, 1.82) is 0 Å². The average molecular weight is 430 g/mol. The van der Waals surface area contributed by atoms with Crippen LogP contribution in [0.2, 0.25) is 0 Å². The Morgan fingerprint density at radius 1 is 0.967 bits per heavy atom. The highest BCUT2D eigenvalue weighted by molar-refractivity contribution is 5.88. The second-order valence-electron chi connectivity index (χ2n) is 7.61. The number of hydrogen-bond donors (Lipinski definition) is 0. The maximum atomic E-state index is 13.3. The maximum absolute atomic E-state index is 13.3. The molecule has 2 aromatic carbocycles. The van der Waals surface area contributed by atoms with Gasteiger partial charge in [-0.3, -0.25) is 4.90 Å². The Morgan fingerprint density at radius 3 is 2.63 bits per heavy atom. The third-order valence-corrected chi connectivity index (χ3v) is 5.74. The summed E-state index contributed by atoms with van der Waals surface area (Å²) in [5.74, 6) is 0.528. The molecular formula is C22H25ClFN5O.